The van der Waals surface area contributed by atoms with Crippen molar-refractivity contribution in [2.75, 3.05) is 0 Å². The predicted molar refractivity (Wildman–Crippen MR) is 113 cm³/mol. The van der Waals surface area contributed by atoms with Crippen molar-refractivity contribution in [3.63, 3.8) is 0 Å². The maximum atomic E-state index is 12.2. The number of para-hydroxylation sites is 1. The lowest BCUT2D eigenvalue weighted by Gasteiger charge is -2.04. The van der Waals surface area contributed by atoms with Gasteiger partial charge in [0.25, 0.3) is 5.91 Å². The van der Waals surface area contributed by atoms with Crippen LogP contribution in [0.25, 0.3) is 16.9 Å². The van der Waals surface area contributed by atoms with E-state index in [9.17, 15) is 4.79 Å². The molecule has 2 aromatic heterocycles. The summed E-state index contributed by atoms with van der Waals surface area (Å²) in [5.41, 5.74) is 7.47. The monoisotopic (exact) mass is 381 g/mol. The Hall–Kier alpha value is -4.06. The summed E-state index contributed by atoms with van der Waals surface area (Å²) < 4.78 is 1.83. The van der Waals surface area contributed by atoms with Crippen LogP contribution in [0.4, 0.5) is 0 Å². The summed E-state index contributed by atoms with van der Waals surface area (Å²) >= 11 is 0. The van der Waals surface area contributed by atoms with Gasteiger partial charge >= 0.3 is 0 Å². The first-order valence-corrected chi connectivity index (χ1v) is 9.18. The van der Waals surface area contributed by atoms with Crippen LogP contribution >= 0.6 is 0 Å². The summed E-state index contributed by atoms with van der Waals surface area (Å²) in [6, 6.07) is 23.1. The van der Waals surface area contributed by atoms with Crippen molar-refractivity contribution < 1.29 is 4.79 Å². The lowest BCUT2D eigenvalue weighted by molar-refractivity contribution is 0.0950. The summed E-state index contributed by atoms with van der Waals surface area (Å²) in [4.78, 5) is 16.2. The Morgan fingerprint density at radius 3 is 2.52 bits per heavy atom. The molecule has 0 aliphatic heterocycles. The van der Waals surface area contributed by atoms with Crippen molar-refractivity contribution in [1.29, 1.82) is 0 Å². The lowest BCUT2D eigenvalue weighted by atomic mass is 10.1. The first-order valence-electron chi connectivity index (χ1n) is 9.18. The zero-order chi connectivity index (χ0) is 20.1. The van der Waals surface area contributed by atoms with Gasteiger partial charge in [0.05, 0.1) is 11.9 Å². The van der Waals surface area contributed by atoms with Crippen LogP contribution in [0.1, 0.15) is 21.6 Å². The zero-order valence-electron chi connectivity index (χ0n) is 15.9. The largest absolute Gasteiger partial charge is 0.289 e. The number of hydrogen-bond donors (Lipinski definition) is 1. The number of pyridine rings is 1. The van der Waals surface area contributed by atoms with Gasteiger partial charge in [0, 0.05) is 23.5 Å². The van der Waals surface area contributed by atoms with Gasteiger partial charge in [0.15, 0.2) is 0 Å². The fourth-order valence-electron chi connectivity index (χ4n) is 2.96. The van der Waals surface area contributed by atoms with E-state index in [0.29, 0.717) is 5.69 Å². The number of hydrazone groups is 1. The molecule has 0 fully saturated rings. The SMILES string of the molecule is Cc1ccccc1-n1cc(/C=N\NC(=O)c2ccccn2)c(-c2ccccc2)n1. The van der Waals surface area contributed by atoms with Crippen LogP contribution in [-0.2, 0) is 0 Å². The molecule has 0 aliphatic carbocycles. The molecule has 1 N–H and O–H groups in total. The molecule has 29 heavy (non-hydrogen) atoms. The third-order valence-corrected chi connectivity index (χ3v) is 4.42. The molecule has 0 saturated heterocycles. The zero-order valence-corrected chi connectivity index (χ0v) is 15.9. The normalized spacial score (nSPS) is 10.9. The van der Waals surface area contributed by atoms with Crippen LogP contribution in [0.5, 0.6) is 0 Å². The predicted octanol–water partition coefficient (Wildman–Crippen LogP) is 4.01. The van der Waals surface area contributed by atoms with Crippen molar-refractivity contribution in [3.8, 4) is 16.9 Å². The Kier molecular flexibility index (Phi) is 5.25. The lowest BCUT2D eigenvalue weighted by Crippen LogP contribution is -2.18. The minimum Gasteiger partial charge on any atom is -0.266 e. The first kappa shape index (κ1) is 18.3. The molecule has 2 heterocycles. The number of hydrogen-bond acceptors (Lipinski definition) is 4. The summed E-state index contributed by atoms with van der Waals surface area (Å²) in [5.74, 6) is -0.366. The van der Waals surface area contributed by atoms with Crippen molar-refractivity contribution in [2.24, 2.45) is 5.10 Å². The van der Waals surface area contributed by atoms with Crippen molar-refractivity contribution in [1.82, 2.24) is 20.2 Å². The number of aryl methyl sites for hydroxylation is 1. The first-order chi connectivity index (χ1) is 14.2. The second-order valence-electron chi connectivity index (χ2n) is 6.44. The van der Waals surface area contributed by atoms with Crippen LogP contribution in [0.3, 0.4) is 0 Å². The molecular weight excluding hydrogens is 362 g/mol. The number of carbonyl (C=O) groups excluding carboxylic acids is 1. The molecule has 6 heteroatoms. The average molecular weight is 381 g/mol. The van der Waals surface area contributed by atoms with E-state index in [-0.39, 0.29) is 5.91 Å². The average Bonchev–Trinajstić information content (AvgIpc) is 3.19. The molecule has 0 bridgehead atoms. The van der Waals surface area contributed by atoms with Gasteiger partial charge in [-0.2, -0.15) is 10.2 Å². The van der Waals surface area contributed by atoms with Gasteiger partial charge < -0.3 is 0 Å². The van der Waals surface area contributed by atoms with E-state index >= 15 is 0 Å². The number of nitrogens with one attached hydrogen (secondary N) is 1. The number of rotatable bonds is 5. The Morgan fingerprint density at radius 2 is 1.76 bits per heavy atom. The smallest absolute Gasteiger partial charge is 0.266 e. The maximum Gasteiger partial charge on any atom is 0.289 e. The van der Waals surface area contributed by atoms with Gasteiger partial charge in [-0.25, -0.2) is 10.1 Å². The molecule has 0 radical (unpaired) electrons. The molecule has 0 unspecified atom stereocenters. The number of benzene rings is 2. The third-order valence-electron chi connectivity index (χ3n) is 4.42. The summed E-state index contributed by atoms with van der Waals surface area (Å²) in [6.45, 7) is 2.04. The molecule has 0 saturated carbocycles. The van der Waals surface area contributed by atoms with Gasteiger partial charge in [-0.3, -0.25) is 9.78 Å². The van der Waals surface area contributed by atoms with E-state index < -0.39 is 0 Å². The van der Waals surface area contributed by atoms with E-state index in [0.717, 1.165) is 28.1 Å². The summed E-state index contributed by atoms with van der Waals surface area (Å²) in [6.07, 6.45) is 5.07. The van der Waals surface area contributed by atoms with Crippen LogP contribution in [0, 0.1) is 6.92 Å². The number of amides is 1. The second kappa shape index (κ2) is 8.31. The number of carbonyl (C=O) groups is 1. The van der Waals surface area contributed by atoms with Crippen LogP contribution in [0.2, 0.25) is 0 Å². The van der Waals surface area contributed by atoms with E-state index in [4.69, 9.17) is 5.10 Å². The fraction of sp³-hybridized carbons (Fsp3) is 0.0435. The molecule has 1 amide bonds. The Bertz CT molecular complexity index is 1150. The van der Waals surface area contributed by atoms with Crippen molar-refractivity contribution >= 4 is 12.1 Å². The van der Waals surface area contributed by atoms with Gasteiger partial charge in [-0.05, 0) is 30.7 Å². The number of aromatic nitrogens is 3. The van der Waals surface area contributed by atoms with Gasteiger partial charge in [0.2, 0.25) is 0 Å². The van der Waals surface area contributed by atoms with E-state index in [1.165, 1.54) is 0 Å². The van der Waals surface area contributed by atoms with Crippen LogP contribution in [-0.4, -0.2) is 26.9 Å². The van der Waals surface area contributed by atoms with Crippen molar-refractivity contribution in [2.45, 2.75) is 6.92 Å². The van der Waals surface area contributed by atoms with Gasteiger partial charge in [-0.15, -0.1) is 0 Å². The highest BCUT2D eigenvalue weighted by atomic mass is 16.2. The highest BCUT2D eigenvalue weighted by molar-refractivity contribution is 5.94. The van der Waals surface area contributed by atoms with Crippen LogP contribution in [0.15, 0.2) is 90.3 Å². The highest BCUT2D eigenvalue weighted by Gasteiger charge is 2.12. The van der Waals surface area contributed by atoms with Gasteiger partial charge in [-0.1, -0.05) is 54.6 Å². The quantitative estimate of drug-likeness (QED) is 0.419. The van der Waals surface area contributed by atoms with Crippen LogP contribution < -0.4 is 5.43 Å². The minimum absolute atomic E-state index is 0.309. The summed E-state index contributed by atoms with van der Waals surface area (Å²) in [5, 5.41) is 8.88. The Balaban J connectivity index is 1.66. The fourth-order valence-corrected chi connectivity index (χ4v) is 2.96. The molecule has 0 atom stereocenters. The second-order valence-corrected chi connectivity index (χ2v) is 6.44. The molecule has 2 aromatic carbocycles. The molecule has 142 valence electrons. The molecule has 4 aromatic rings. The standard InChI is InChI=1S/C23H19N5O/c1-17-9-5-6-13-21(17)28-16-19(22(27-28)18-10-3-2-4-11-18)15-25-26-23(29)20-12-7-8-14-24-20/h2-16H,1H3,(H,26,29)/b25-15-. The molecular formula is C23H19N5O. The van der Waals surface area contributed by atoms with Crippen molar-refractivity contribution in [3.05, 3.63) is 102 Å². The molecule has 4 rings (SSSR count). The third kappa shape index (κ3) is 4.11. The number of nitrogens with zero attached hydrogens (tertiary/aromatic N) is 4. The van der Waals surface area contributed by atoms with Gasteiger partial charge in [0.1, 0.15) is 11.4 Å². The Morgan fingerprint density at radius 1 is 1.00 bits per heavy atom. The summed E-state index contributed by atoms with van der Waals surface area (Å²) in [7, 11) is 0. The highest BCUT2D eigenvalue weighted by Crippen LogP contribution is 2.23. The maximum absolute atomic E-state index is 12.2. The topological polar surface area (TPSA) is 72.2 Å². The van der Waals surface area contributed by atoms with E-state index in [1.54, 1.807) is 30.6 Å². The van der Waals surface area contributed by atoms with E-state index in [1.807, 2.05) is 72.4 Å². The minimum atomic E-state index is -0.366. The Labute approximate surface area is 168 Å². The molecule has 0 aliphatic rings. The molecule has 0 spiro atoms. The molecule has 6 nitrogen and oxygen atoms in total. The van der Waals surface area contributed by atoms with E-state index in [2.05, 4.69) is 15.5 Å².